The Labute approximate surface area is 389 Å². The van der Waals surface area contributed by atoms with Crippen LogP contribution in [0.3, 0.4) is 0 Å². The minimum Gasteiger partial charge on any atom is -0.394 e. The van der Waals surface area contributed by atoms with Crippen molar-refractivity contribution in [2.24, 2.45) is 0 Å². The predicted molar refractivity (Wildman–Crippen MR) is 276 cm³/mol. The van der Waals surface area contributed by atoms with E-state index in [1.54, 1.807) is 6.08 Å². The topological polar surface area (TPSA) is 69.6 Å². The number of carbonyl (C=O) groups is 1. The van der Waals surface area contributed by atoms with Gasteiger partial charge in [0.25, 0.3) is 0 Å². The van der Waals surface area contributed by atoms with Gasteiger partial charge >= 0.3 is 0 Å². The van der Waals surface area contributed by atoms with Crippen LogP contribution in [0.15, 0.2) is 24.3 Å². The van der Waals surface area contributed by atoms with Gasteiger partial charge in [0, 0.05) is 6.42 Å². The Bertz CT molecular complexity index is 901. The van der Waals surface area contributed by atoms with Gasteiger partial charge in [-0.15, -0.1) is 0 Å². The molecule has 0 aromatic rings. The zero-order valence-electron chi connectivity index (χ0n) is 42.4. The third kappa shape index (κ3) is 49.9. The van der Waals surface area contributed by atoms with Gasteiger partial charge in [-0.3, -0.25) is 4.79 Å². The quantitative estimate of drug-likeness (QED) is 0.0421. The van der Waals surface area contributed by atoms with Gasteiger partial charge < -0.3 is 15.5 Å². The number of amides is 1. The molecule has 0 saturated heterocycles. The zero-order valence-corrected chi connectivity index (χ0v) is 42.4. The van der Waals surface area contributed by atoms with E-state index in [1.807, 2.05) is 6.08 Å². The van der Waals surface area contributed by atoms with Gasteiger partial charge in [-0.1, -0.05) is 308 Å². The number of rotatable bonds is 53. The lowest BCUT2D eigenvalue weighted by molar-refractivity contribution is -0.123. The van der Waals surface area contributed by atoms with E-state index in [0.29, 0.717) is 6.42 Å². The van der Waals surface area contributed by atoms with E-state index < -0.39 is 12.1 Å². The summed E-state index contributed by atoms with van der Waals surface area (Å²) in [4.78, 5) is 12.4. The van der Waals surface area contributed by atoms with Crippen molar-refractivity contribution in [3.8, 4) is 0 Å². The fourth-order valence-electron chi connectivity index (χ4n) is 9.08. The van der Waals surface area contributed by atoms with E-state index in [4.69, 9.17) is 0 Å². The molecule has 1 amide bonds. The molecule has 0 aromatic heterocycles. The van der Waals surface area contributed by atoms with Crippen molar-refractivity contribution in [2.45, 2.75) is 334 Å². The average Bonchev–Trinajstić information content (AvgIpc) is 3.28. The molecule has 0 aromatic carbocycles. The Morgan fingerprint density at radius 3 is 0.935 bits per heavy atom. The van der Waals surface area contributed by atoms with E-state index in [1.165, 1.54) is 270 Å². The number of allylic oxidation sites excluding steroid dienone is 3. The number of hydrogen-bond acceptors (Lipinski definition) is 3. The maximum atomic E-state index is 12.4. The van der Waals surface area contributed by atoms with Crippen LogP contribution in [0.1, 0.15) is 322 Å². The molecule has 62 heavy (non-hydrogen) atoms. The van der Waals surface area contributed by atoms with Gasteiger partial charge in [-0.25, -0.2) is 0 Å². The van der Waals surface area contributed by atoms with Crippen molar-refractivity contribution < 1.29 is 15.0 Å². The third-order valence-electron chi connectivity index (χ3n) is 13.4. The highest BCUT2D eigenvalue weighted by atomic mass is 16.3. The highest BCUT2D eigenvalue weighted by Gasteiger charge is 2.18. The molecule has 4 nitrogen and oxygen atoms in total. The molecular weight excluding hydrogens is 759 g/mol. The summed E-state index contributed by atoms with van der Waals surface area (Å²) in [5.74, 6) is -0.0702. The van der Waals surface area contributed by atoms with Crippen LogP contribution in [0.4, 0.5) is 0 Å². The molecule has 0 aliphatic rings. The normalized spacial score (nSPS) is 12.9. The van der Waals surface area contributed by atoms with E-state index in [-0.39, 0.29) is 12.5 Å². The van der Waals surface area contributed by atoms with Crippen molar-refractivity contribution in [1.82, 2.24) is 5.32 Å². The van der Waals surface area contributed by atoms with Crippen molar-refractivity contribution in [3.63, 3.8) is 0 Å². The van der Waals surface area contributed by atoms with Gasteiger partial charge in [0.15, 0.2) is 0 Å². The van der Waals surface area contributed by atoms with E-state index in [0.717, 1.165) is 32.1 Å². The van der Waals surface area contributed by atoms with E-state index in [2.05, 4.69) is 31.3 Å². The van der Waals surface area contributed by atoms with E-state index in [9.17, 15) is 15.0 Å². The molecule has 2 unspecified atom stereocenters. The van der Waals surface area contributed by atoms with Gasteiger partial charge in [0.1, 0.15) is 0 Å². The molecule has 0 bridgehead atoms. The molecule has 368 valence electrons. The molecule has 0 aliphatic carbocycles. The maximum Gasteiger partial charge on any atom is 0.220 e. The smallest absolute Gasteiger partial charge is 0.220 e. The van der Waals surface area contributed by atoms with Crippen molar-refractivity contribution in [2.75, 3.05) is 6.61 Å². The predicted octanol–water partition coefficient (Wildman–Crippen LogP) is 18.7. The number of hydrogen-bond donors (Lipinski definition) is 3. The number of nitrogens with one attached hydrogen (secondary N) is 1. The molecular formula is C58H113NO3. The largest absolute Gasteiger partial charge is 0.394 e. The van der Waals surface area contributed by atoms with Crippen LogP contribution >= 0.6 is 0 Å². The molecule has 0 spiro atoms. The van der Waals surface area contributed by atoms with Crippen LogP contribution in [0.2, 0.25) is 0 Å². The monoisotopic (exact) mass is 872 g/mol. The van der Waals surface area contributed by atoms with Crippen LogP contribution in [0, 0.1) is 0 Å². The van der Waals surface area contributed by atoms with Gasteiger partial charge in [-0.2, -0.15) is 0 Å². The fraction of sp³-hybridized carbons (Fsp3) is 0.914. The average molecular weight is 873 g/mol. The number of aliphatic hydroxyl groups excluding tert-OH is 2. The fourth-order valence-corrected chi connectivity index (χ4v) is 9.08. The molecule has 0 rings (SSSR count). The van der Waals surface area contributed by atoms with Crippen LogP contribution in [-0.2, 0) is 4.79 Å². The first-order chi connectivity index (χ1) is 30.7. The third-order valence-corrected chi connectivity index (χ3v) is 13.4. The molecule has 0 radical (unpaired) electrons. The minimum absolute atomic E-state index is 0.0702. The minimum atomic E-state index is -0.857. The highest BCUT2D eigenvalue weighted by Crippen LogP contribution is 2.18. The second-order valence-corrected chi connectivity index (χ2v) is 19.7. The summed E-state index contributed by atoms with van der Waals surface area (Å²) < 4.78 is 0. The number of carbonyl (C=O) groups excluding carboxylic acids is 1. The summed E-state index contributed by atoms with van der Waals surface area (Å²) in [7, 11) is 0. The van der Waals surface area contributed by atoms with Crippen LogP contribution in [-0.4, -0.2) is 34.9 Å². The molecule has 0 aliphatic heterocycles. The van der Waals surface area contributed by atoms with Crippen molar-refractivity contribution >= 4 is 5.91 Å². The molecule has 0 saturated carbocycles. The van der Waals surface area contributed by atoms with Crippen molar-refractivity contribution in [3.05, 3.63) is 24.3 Å². The molecule has 0 heterocycles. The molecule has 2 atom stereocenters. The van der Waals surface area contributed by atoms with Gasteiger partial charge in [0.2, 0.25) is 5.91 Å². The summed E-state index contributed by atoms with van der Waals surface area (Å²) in [5.41, 5.74) is 0. The standard InChI is InChI=1S/C58H113NO3/c1-3-5-7-9-11-13-15-16-17-18-19-20-21-22-23-24-25-26-27-28-29-30-31-32-33-34-35-36-37-38-39-40-41-42-43-44-46-48-50-52-54-58(62)59-56(55-60)57(61)53-51-49-47-45-14-12-10-8-6-4-2/h14,45,51,53,56-57,60-61H,3-13,15-44,46-50,52,54-55H2,1-2H3,(H,59,62)/b45-14+,53-51+. The Morgan fingerprint density at radius 1 is 0.371 bits per heavy atom. The van der Waals surface area contributed by atoms with Crippen molar-refractivity contribution in [1.29, 1.82) is 0 Å². The Balaban J connectivity index is 3.31. The Hall–Kier alpha value is -1.13. The first-order valence-electron chi connectivity index (χ1n) is 28.6. The SMILES string of the molecule is CCCCCC/C=C/CC/C=C/C(O)C(CO)NC(=O)CCCCCCCCCCCCCCCCCCCCCCCCCCCCCCCCCCCCCCCCCC. The summed E-state index contributed by atoms with van der Waals surface area (Å²) >= 11 is 0. The van der Waals surface area contributed by atoms with Gasteiger partial charge in [0.05, 0.1) is 18.8 Å². The van der Waals surface area contributed by atoms with Crippen LogP contribution in [0.5, 0.6) is 0 Å². The summed E-state index contributed by atoms with van der Waals surface area (Å²) in [6, 6.07) is -0.634. The first kappa shape index (κ1) is 60.9. The number of aliphatic hydroxyl groups is 2. The first-order valence-corrected chi connectivity index (χ1v) is 28.6. The lowest BCUT2D eigenvalue weighted by atomic mass is 10.0. The summed E-state index contributed by atoms with van der Waals surface area (Å²) in [6.07, 6.45) is 72.4. The van der Waals surface area contributed by atoms with Crippen LogP contribution in [0.25, 0.3) is 0 Å². The Kier molecular flexibility index (Phi) is 53.2. The second kappa shape index (κ2) is 54.2. The summed E-state index contributed by atoms with van der Waals surface area (Å²) in [6.45, 7) is 4.29. The van der Waals surface area contributed by atoms with Gasteiger partial charge in [-0.05, 0) is 32.1 Å². The lowest BCUT2D eigenvalue weighted by Gasteiger charge is -2.19. The highest BCUT2D eigenvalue weighted by molar-refractivity contribution is 5.76. The molecule has 3 N–H and O–H groups in total. The molecule has 4 heteroatoms. The number of unbranched alkanes of at least 4 members (excludes halogenated alkanes) is 44. The van der Waals surface area contributed by atoms with E-state index >= 15 is 0 Å². The summed E-state index contributed by atoms with van der Waals surface area (Å²) in [5, 5.41) is 22.9. The Morgan fingerprint density at radius 2 is 0.629 bits per heavy atom. The maximum absolute atomic E-state index is 12.4. The van der Waals surface area contributed by atoms with Crippen LogP contribution < -0.4 is 5.32 Å². The lowest BCUT2D eigenvalue weighted by Crippen LogP contribution is -2.45. The zero-order chi connectivity index (χ0) is 44.9. The second-order valence-electron chi connectivity index (χ2n) is 19.7. The molecule has 0 fully saturated rings.